The summed E-state index contributed by atoms with van der Waals surface area (Å²) >= 11 is 0. The summed E-state index contributed by atoms with van der Waals surface area (Å²) in [5, 5.41) is 12.5. The van der Waals surface area contributed by atoms with Crippen molar-refractivity contribution >= 4 is 17.7 Å². The molecule has 9 heteroatoms. The van der Waals surface area contributed by atoms with Gasteiger partial charge in [0.25, 0.3) is 0 Å². The van der Waals surface area contributed by atoms with Gasteiger partial charge in [-0.05, 0) is 83.0 Å². The zero-order valence-electron chi connectivity index (χ0n) is 22.5. The molecule has 2 amide bonds. The van der Waals surface area contributed by atoms with E-state index in [9.17, 15) is 19.2 Å². The number of carbonyl (C=O) groups excluding carboxylic acids is 2. The molecule has 3 aliphatic rings. The summed E-state index contributed by atoms with van der Waals surface area (Å²) in [5.74, 6) is -0.546. The number of likely N-dealkylation sites (tertiary alicyclic amines) is 1. The lowest BCUT2D eigenvalue weighted by Gasteiger charge is -2.36. The molecule has 202 valence electrons. The van der Waals surface area contributed by atoms with Crippen molar-refractivity contribution in [2.24, 2.45) is 5.92 Å². The molecule has 4 rings (SSSR count). The predicted octanol–water partition coefficient (Wildman–Crippen LogP) is 3.70. The Morgan fingerprint density at radius 2 is 1.95 bits per heavy atom. The SMILES string of the molecule is CCN1CCN(c2ccc(CCC(C#N)NC(=O)C3C4CCC(C4)N3C(=O)OC(C)(C)C)c(F)c2)CC1. The predicted molar refractivity (Wildman–Crippen MR) is 140 cm³/mol. The fourth-order valence-corrected chi connectivity index (χ4v) is 5.89. The molecule has 1 aliphatic carbocycles. The van der Waals surface area contributed by atoms with Crippen LogP contribution in [0.2, 0.25) is 0 Å². The van der Waals surface area contributed by atoms with Crippen LogP contribution in [-0.4, -0.2) is 78.3 Å². The molecule has 37 heavy (non-hydrogen) atoms. The monoisotopic (exact) mass is 513 g/mol. The Bertz CT molecular complexity index is 1030. The summed E-state index contributed by atoms with van der Waals surface area (Å²) in [6, 6.07) is 6.03. The number of likely N-dealkylation sites (N-methyl/N-ethyl adjacent to an activating group) is 1. The lowest BCUT2D eigenvalue weighted by Crippen LogP contribution is -2.55. The molecule has 2 aliphatic heterocycles. The summed E-state index contributed by atoms with van der Waals surface area (Å²) in [7, 11) is 0. The van der Waals surface area contributed by atoms with E-state index in [2.05, 4.69) is 28.1 Å². The van der Waals surface area contributed by atoms with Crippen molar-refractivity contribution in [3.8, 4) is 6.07 Å². The maximum atomic E-state index is 14.9. The zero-order valence-corrected chi connectivity index (χ0v) is 22.5. The van der Waals surface area contributed by atoms with Crippen LogP contribution in [0.4, 0.5) is 14.9 Å². The summed E-state index contributed by atoms with van der Waals surface area (Å²) in [6.07, 6.45) is 2.66. The molecule has 8 nitrogen and oxygen atoms in total. The van der Waals surface area contributed by atoms with Crippen LogP contribution in [0.5, 0.6) is 0 Å². The number of rotatable bonds is 7. The third kappa shape index (κ3) is 6.35. The van der Waals surface area contributed by atoms with Gasteiger partial charge in [-0.1, -0.05) is 13.0 Å². The number of fused-ring (bicyclic) bond motifs is 2. The topological polar surface area (TPSA) is 88.9 Å². The lowest BCUT2D eigenvalue weighted by atomic mass is 9.97. The van der Waals surface area contributed by atoms with E-state index in [1.54, 1.807) is 37.8 Å². The molecule has 4 atom stereocenters. The van der Waals surface area contributed by atoms with E-state index in [0.29, 0.717) is 18.4 Å². The molecule has 0 aromatic heterocycles. The lowest BCUT2D eigenvalue weighted by molar-refractivity contribution is -0.128. The Morgan fingerprint density at radius 1 is 1.22 bits per heavy atom. The number of hydrogen-bond acceptors (Lipinski definition) is 6. The van der Waals surface area contributed by atoms with Gasteiger partial charge in [0.15, 0.2) is 0 Å². The summed E-state index contributed by atoms with van der Waals surface area (Å²) in [4.78, 5) is 32.2. The highest BCUT2D eigenvalue weighted by Gasteiger charge is 2.52. The Kier molecular flexibility index (Phi) is 8.27. The molecule has 2 heterocycles. The molecule has 3 fully saturated rings. The van der Waals surface area contributed by atoms with Gasteiger partial charge in [0.2, 0.25) is 5.91 Å². The maximum absolute atomic E-state index is 14.9. The number of anilines is 1. The van der Waals surface area contributed by atoms with Crippen LogP contribution in [0.25, 0.3) is 0 Å². The molecule has 0 radical (unpaired) electrons. The largest absolute Gasteiger partial charge is 0.444 e. The van der Waals surface area contributed by atoms with Crippen molar-refractivity contribution in [2.75, 3.05) is 37.6 Å². The Morgan fingerprint density at radius 3 is 2.57 bits per heavy atom. The first-order valence-corrected chi connectivity index (χ1v) is 13.6. The van der Waals surface area contributed by atoms with Crippen LogP contribution < -0.4 is 10.2 Å². The van der Waals surface area contributed by atoms with Crippen molar-refractivity contribution in [1.29, 1.82) is 5.26 Å². The second-order valence-electron chi connectivity index (χ2n) is 11.5. The second-order valence-corrected chi connectivity index (χ2v) is 11.5. The smallest absolute Gasteiger partial charge is 0.411 e. The molecule has 0 spiro atoms. The van der Waals surface area contributed by atoms with Gasteiger partial charge in [-0.25, -0.2) is 9.18 Å². The van der Waals surface area contributed by atoms with Crippen molar-refractivity contribution in [3.63, 3.8) is 0 Å². The Hall–Kier alpha value is -2.86. The molecule has 1 N–H and O–H groups in total. The van der Waals surface area contributed by atoms with E-state index >= 15 is 0 Å². The quantitative estimate of drug-likeness (QED) is 0.598. The van der Waals surface area contributed by atoms with Crippen LogP contribution in [0.15, 0.2) is 18.2 Å². The highest BCUT2D eigenvalue weighted by Crippen LogP contribution is 2.43. The van der Waals surface area contributed by atoms with Gasteiger partial charge in [0, 0.05) is 37.9 Å². The van der Waals surface area contributed by atoms with Crippen molar-refractivity contribution < 1.29 is 18.7 Å². The molecule has 2 bridgehead atoms. The van der Waals surface area contributed by atoms with Gasteiger partial charge >= 0.3 is 6.09 Å². The molecular formula is C28H40FN5O3. The van der Waals surface area contributed by atoms with Crippen LogP contribution in [0, 0.1) is 23.1 Å². The maximum Gasteiger partial charge on any atom is 0.411 e. The minimum absolute atomic E-state index is 0.00584. The number of ether oxygens (including phenoxy) is 1. The first-order chi connectivity index (χ1) is 17.6. The van der Waals surface area contributed by atoms with E-state index in [-0.39, 0.29) is 23.7 Å². The van der Waals surface area contributed by atoms with E-state index in [1.807, 2.05) is 6.07 Å². The summed E-state index contributed by atoms with van der Waals surface area (Å²) < 4.78 is 20.5. The number of piperidine rings is 1. The standard InChI is InChI=1S/C28H40FN5O3/c1-5-32-12-14-33(15-13-32)22-10-7-19(24(29)17-22)6-9-21(18-30)31-26(35)25-20-8-11-23(16-20)34(25)27(36)37-28(2,3)4/h7,10,17,20-21,23,25H,5-6,8-9,11-16H2,1-4H3,(H,31,35). The number of nitriles is 1. The summed E-state index contributed by atoms with van der Waals surface area (Å²) in [6.45, 7) is 12.3. The van der Waals surface area contributed by atoms with Gasteiger partial charge < -0.3 is 19.9 Å². The number of nitrogens with zero attached hydrogens (tertiary/aromatic N) is 4. The first-order valence-electron chi connectivity index (χ1n) is 13.6. The average Bonchev–Trinajstić information content (AvgIpc) is 3.48. The number of halogens is 1. The number of amides is 2. The molecule has 4 unspecified atom stereocenters. The molecule has 1 aromatic rings. The third-order valence-corrected chi connectivity index (χ3v) is 7.85. The van der Waals surface area contributed by atoms with Gasteiger partial charge in [-0.3, -0.25) is 9.69 Å². The Labute approximate surface area is 219 Å². The fourth-order valence-electron chi connectivity index (χ4n) is 5.89. The van der Waals surface area contributed by atoms with Gasteiger partial charge in [0.1, 0.15) is 23.5 Å². The number of benzene rings is 1. The van der Waals surface area contributed by atoms with E-state index < -0.39 is 23.8 Å². The molecule has 1 saturated carbocycles. The zero-order chi connectivity index (χ0) is 26.7. The average molecular weight is 514 g/mol. The first kappa shape index (κ1) is 27.2. The van der Waals surface area contributed by atoms with E-state index in [1.165, 1.54) is 0 Å². The van der Waals surface area contributed by atoms with Gasteiger partial charge in [0.05, 0.1) is 6.07 Å². The van der Waals surface area contributed by atoms with Gasteiger partial charge in [-0.15, -0.1) is 0 Å². The van der Waals surface area contributed by atoms with Gasteiger partial charge in [-0.2, -0.15) is 5.26 Å². The van der Waals surface area contributed by atoms with E-state index in [0.717, 1.165) is 57.7 Å². The number of nitrogens with one attached hydrogen (secondary N) is 1. The third-order valence-electron chi connectivity index (χ3n) is 7.85. The minimum Gasteiger partial charge on any atom is -0.444 e. The number of piperazine rings is 1. The van der Waals surface area contributed by atoms with Crippen LogP contribution >= 0.6 is 0 Å². The molecule has 2 saturated heterocycles. The number of hydrogen-bond donors (Lipinski definition) is 1. The fraction of sp³-hybridized carbons (Fsp3) is 0.679. The molecular weight excluding hydrogens is 473 g/mol. The summed E-state index contributed by atoms with van der Waals surface area (Å²) in [5.41, 5.74) is 0.750. The molecule has 1 aromatic carbocycles. The number of aryl methyl sites for hydroxylation is 1. The second kappa shape index (κ2) is 11.3. The Balaban J connectivity index is 1.34. The van der Waals surface area contributed by atoms with Crippen LogP contribution in [0.3, 0.4) is 0 Å². The number of carbonyl (C=O) groups is 2. The van der Waals surface area contributed by atoms with Crippen molar-refractivity contribution in [3.05, 3.63) is 29.6 Å². The van der Waals surface area contributed by atoms with Crippen LogP contribution in [-0.2, 0) is 16.0 Å². The highest BCUT2D eigenvalue weighted by atomic mass is 19.1. The van der Waals surface area contributed by atoms with E-state index in [4.69, 9.17) is 4.74 Å². The van der Waals surface area contributed by atoms with Crippen molar-refractivity contribution in [1.82, 2.24) is 15.1 Å². The van der Waals surface area contributed by atoms with Crippen LogP contribution in [0.1, 0.15) is 58.9 Å². The highest BCUT2D eigenvalue weighted by molar-refractivity contribution is 5.87. The normalized spacial score (nSPS) is 24.6. The minimum atomic E-state index is -0.770. The van der Waals surface area contributed by atoms with Crippen molar-refractivity contribution in [2.45, 2.75) is 83.5 Å².